The van der Waals surface area contributed by atoms with Gasteiger partial charge >= 0.3 is 0 Å². The smallest absolute Gasteiger partial charge is 0.252 e. The SMILES string of the molecule is CN(C)c1ccc(CCCNC(=O)c2cccc(Cl)c2Cl)cc1. The lowest BCUT2D eigenvalue weighted by molar-refractivity contribution is 0.0953. The Balaban J connectivity index is 1.81. The number of amides is 1. The third kappa shape index (κ3) is 4.88. The number of benzene rings is 2. The summed E-state index contributed by atoms with van der Waals surface area (Å²) < 4.78 is 0. The zero-order valence-electron chi connectivity index (χ0n) is 13.3. The van der Waals surface area contributed by atoms with E-state index in [0.717, 1.165) is 12.8 Å². The molecule has 2 aromatic rings. The van der Waals surface area contributed by atoms with Crippen molar-refractivity contribution in [2.45, 2.75) is 12.8 Å². The number of carbonyl (C=O) groups is 1. The van der Waals surface area contributed by atoms with Gasteiger partial charge in [-0.2, -0.15) is 0 Å². The molecule has 0 radical (unpaired) electrons. The van der Waals surface area contributed by atoms with E-state index in [1.54, 1.807) is 18.2 Å². The molecule has 1 N–H and O–H groups in total. The van der Waals surface area contributed by atoms with E-state index in [4.69, 9.17) is 23.2 Å². The highest BCUT2D eigenvalue weighted by molar-refractivity contribution is 6.43. The maximum atomic E-state index is 12.1. The topological polar surface area (TPSA) is 32.3 Å². The quantitative estimate of drug-likeness (QED) is 0.782. The Kier molecular flexibility index (Phi) is 6.31. The van der Waals surface area contributed by atoms with E-state index in [2.05, 4.69) is 34.5 Å². The number of aryl methyl sites for hydroxylation is 1. The summed E-state index contributed by atoms with van der Waals surface area (Å²) in [4.78, 5) is 14.2. The van der Waals surface area contributed by atoms with Crippen LogP contribution in [0.3, 0.4) is 0 Å². The number of hydrogen-bond acceptors (Lipinski definition) is 2. The summed E-state index contributed by atoms with van der Waals surface area (Å²) in [6.07, 6.45) is 1.78. The molecule has 23 heavy (non-hydrogen) atoms. The van der Waals surface area contributed by atoms with Crippen LogP contribution in [0.15, 0.2) is 42.5 Å². The molecule has 2 rings (SSSR count). The van der Waals surface area contributed by atoms with Crippen LogP contribution in [0.4, 0.5) is 5.69 Å². The molecule has 3 nitrogen and oxygen atoms in total. The van der Waals surface area contributed by atoms with E-state index in [1.165, 1.54) is 11.3 Å². The predicted octanol–water partition coefficient (Wildman–Crippen LogP) is 4.42. The standard InChI is InChI=1S/C18H20Cl2N2O/c1-22(2)14-10-8-13(9-11-14)5-4-12-21-18(23)15-6-3-7-16(19)17(15)20/h3,6-11H,4-5,12H2,1-2H3,(H,21,23). The van der Waals surface area contributed by atoms with Gasteiger partial charge in [0.2, 0.25) is 0 Å². The molecule has 0 spiro atoms. The van der Waals surface area contributed by atoms with Crippen molar-refractivity contribution >= 4 is 34.8 Å². The van der Waals surface area contributed by atoms with Gasteiger partial charge in [-0.1, -0.05) is 41.4 Å². The van der Waals surface area contributed by atoms with E-state index < -0.39 is 0 Å². The monoisotopic (exact) mass is 350 g/mol. The van der Waals surface area contributed by atoms with Crippen LogP contribution in [0, 0.1) is 0 Å². The first-order chi connectivity index (χ1) is 11.0. The van der Waals surface area contributed by atoms with Crippen LogP contribution in [0.25, 0.3) is 0 Å². The van der Waals surface area contributed by atoms with Gasteiger partial charge in [0, 0.05) is 26.3 Å². The molecule has 0 unspecified atom stereocenters. The third-order valence-corrected chi connectivity index (χ3v) is 4.40. The van der Waals surface area contributed by atoms with Crippen molar-refractivity contribution in [1.29, 1.82) is 0 Å². The molecule has 0 aromatic heterocycles. The normalized spacial score (nSPS) is 10.4. The Labute approximate surface area is 147 Å². The first-order valence-corrected chi connectivity index (χ1v) is 8.23. The second-order valence-electron chi connectivity index (χ2n) is 5.52. The van der Waals surface area contributed by atoms with Crippen molar-refractivity contribution in [2.75, 3.05) is 25.5 Å². The van der Waals surface area contributed by atoms with Crippen LogP contribution in [0.5, 0.6) is 0 Å². The minimum atomic E-state index is -0.194. The van der Waals surface area contributed by atoms with Gasteiger partial charge in [0.05, 0.1) is 15.6 Å². The van der Waals surface area contributed by atoms with Crippen molar-refractivity contribution in [3.63, 3.8) is 0 Å². The average Bonchev–Trinajstić information content (AvgIpc) is 2.54. The van der Waals surface area contributed by atoms with Crippen molar-refractivity contribution < 1.29 is 4.79 Å². The molecule has 0 fully saturated rings. The minimum absolute atomic E-state index is 0.194. The molecule has 0 aliphatic heterocycles. The molecule has 5 heteroatoms. The molecule has 0 saturated carbocycles. The zero-order chi connectivity index (χ0) is 16.8. The van der Waals surface area contributed by atoms with Gasteiger partial charge in [0.1, 0.15) is 0 Å². The molecule has 0 saturated heterocycles. The number of nitrogens with zero attached hydrogens (tertiary/aromatic N) is 1. The fraction of sp³-hybridized carbons (Fsp3) is 0.278. The summed E-state index contributed by atoms with van der Waals surface area (Å²) in [6, 6.07) is 13.5. The summed E-state index contributed by atoms with van der Waals surface area (Å²) in [5.41, 5.74) is 2.85. The molecule has 1 amide bonds. The van der Waals surface area contributed by atoms with Crippen LogP contribution >= 0.6 is 23.2 Å². The number of carbonyl (C=O) groups excluding carboxylic acids is 1. The van der Waals surface area contributed by atoms with Crippen molar-refractivity contribution in [3.8, 4) is 0 Å². The number of hydrogen-bond donors (Lipinski definition) is 1. The second-order valence-corrected chi connectivity index (χ2v) is 6.31. The first kappa shape index (κ1) is 17.6. The molecule has 0 aliphatic rings. The van der Waals surface area contributed by atoms with Crippen LogP contribution in [0.1, 0.15) is 22.3 Å². The van der Waals surface area contributed by atoms with E-state index in [1.807, 2.05) is 14.1 Å². The highest BCUT2D eigenvalue weighted by Crippen LogP contribution is 2.25. The Morgan fingerprint density at radius 1 is 1.09 bits per heavy atom. The molecule has 2 aromatic carbocycles. The Hall–Kier alpha value is -1.71. The van der Waals surface area contributed by atoms with Crippen molar-refractivity contribution in [1.82, 2.24) is 5.32 Å². The molecule has 122 valence electrons. The maximum absolute atomic E-state index is 12.1. The molecule has 0 heterocycles. The number of anilines is 1. The summed E-state index contributed by atoms with van der Waals surface area (Å²) in [6.45, 7) is 0.594. The Morgan fingerprint density at radius 3 is 2.43 bits per heavy atom. The lowest BCUT2D eigenvalue weighted by atomic mass is 10.1. The summed E-state index contributed by atoms with van der Waals surface area (Å²) in [5.74, 6) is -0.194. The van der Waals surface area contributed by atoms with Gasteiger partial charge in [-0.05, 0) is 42.7 Å². The van der Waals surface area contributed by atoms with Crippen molar-refractivity contribution in [2.24, 2.45) is 0 Å². The molecular formula is C18H20Cl2N2O. The molecule has 0 bridgehead atoms. The van der Waals surface area contributed by atoms with Crippen LogP contribution < -0.4 is 10.2 Å². The molecule has 0 atom stereocenters. The Morgan fingerprint density at radius 2 is 1.78 bits per heavy atom. The van der Waals surface area contributed by atoms with Crippen LogP contribution in [0.2, 0.25) is 10.0 Å². The maximum Gasteiger partial charge on any atom is 0.252 e. The third-order valence-electron chi connectivity index (χ3n) is 3.58. The highest BCUT2D eigenvalue weighted by Gasteiger charge is 2.11. The van der Waals surface area contributed by atoms with Crippen molar-refractivity contribution in [3.05, 3.63) is 63.6 Å². The van der Waals surface area contributed by atoms with E-state index in [0.29, 0.717) is 22.2 Å². The fourth-order valence-electron chi connectivity index (χ4n) is 2.23. The lowest BCUT2D eigenvalue weighted by Crippen LogP contribution is -2.25. The van der Waals surface area contributed by atoms with Crippen LogP contribution in [-0.2, 0) is 6.42 Å². The molecular weight excluding hydrogens is 331 g/mol. The van der Waals surface area contributed by atoms with Gasteiger partial charge < -0.3 is 10.2 Å². The highest BCUT2D eigenvalue weighted by atomic mass is 35.5. The van der Waals surface area contributed by atoms with E-state index in [9.17, 15) is 4.79 Å². The van der Waals surface area contributed by atoms with E-state index >= 15 is 0 Å². The van der Waals surface area contributed by atoms with Gasteiger partial charge in [0.25, 0.3) is 5.91 Å². The van der Waals surface area contributed by atoms with Gasteiger partial charge in [-0.15, -0.1) is 0 Å². The summed E-state index contributed by atoms with van der Waals surface area (Å²) in [7, 11) is 4.04. The summed E-state index contributed by atoms with van der Waals surface area (Å²) >= 11 is 12.0. The lowest BCUT2D eigenvalue weighted by Gasteiger charge is -2.12. The number of halogens is 2. The second kappa shape index (κ2) is 8.23. The summed E-state index contributed by atoms with van der Waals surface area (Å²) in [5, 5.41) is 3.56. The van der Waals surface area contributed by atoms with Crippen LogP contribution in [-0.4, -0.2) is 26.5 Å². The van der Waals surface area contributed by atoms with Gasteiger partial charge in [-0.3, -0.25) is 4.79 Å². The average molecular weight is 351 g/mol. The number of rotatable bonds is 6. The minimum Gasteiger partial charge on any atom is -0.378 e. The van der Waals surface area contributed by atoms with E-state index in [-0.39, 0.29) is 5.91 Å². The fourth-order valence-corrected chi connectivity index (χ4v) is 2.62. The van der Waals surface area contributed by atoms with Gasteiger partial charge in [0.15, 0.2) is 0 Å². The molecule has 0 aliphatic carbocycles. The number of nitrogens with one attached hydrogen (secondary N) is 1. The first-order valence-electron chi connectivity index (χ1n) is 7.47. The predicted molar refractivity (Wildman–Crippen MR) is 97.9 cm³/mol. The Bertz CT molecular complexity index is 669. The zero-order valence-corrected chi connectivity index (χ0v) is 14.8. The van der Waals surface area contributed by atoms with Gasteiger partial charge in [-0.25, -0.2) is 0 Å². The largest absolute Gasteiger partial charge is 0.378 e.